The lowest BCUT2D eigenvalue weighted by molar-refractivity contribution is -0.120. The second kappa shape index (κ2) is 7.09. The molecule has 1 aliphatic rings. The van der Waals surface area contributed by atoms with Gasteiger partial charge in [-0.15, -0.1) is 0 Å². The number of sulfonamides is 1. The average Bonchev–Trinajstić information content (AvgIpc) is 3.04. The van der Waals surface area contributed by atoms with Crippen LogP contribution in [0.25, 0.3) is 0 Å². The smallest absolute Gasteiger partial charge is 0.264 e. The maximum Gasteiger partial charge on any atom is 0.264 e. The quantitative estimate of drug-likeness (QED) is 0.805. The fourth-order valence-corrected chi connectivity index (χ4v) is 3.90. The third kappa shape index (κ3) is 3.45. The molecule has 26 heavy (non-hydrogen) atoms. The van der Waals surface area contributed by atoms with Gasteiger partial charge in [-0.25, -0.2) is 12.7 Å². The highest BCUT2D eigenvalue weighted by Crippen LogP contribution is 2.31. The van der Waals surface area contributed by atoms with Crippen molar-refractivity contribution in [1.29, 1.82) is 0 Å². The van der Waals surface area contributed by atoms with Crippen molar-refractivity contribution in [2.24, 2.45) is 0 Å². The van der Waals surface area contributed by atoms with Crippen LogP contribution < -0.4 is 9.64 Å². The maximum atomic E-state index is 12.6. The first kappa shape index (κ1) is 18.4. The minimum atomic E-state index is -3.48. The van der Waals surface area contributed by atoms with Crippen molar-refractivity contribution in [2.75, 3.05) is 32.1 Å². The molecule has 6 nitrogen and oxygen atoms in total. The van der Waals surface area contributed by atoms with Crippen LogP contribution >= 0.6 is 0 Å². The van der Waals surface area contributed by atoms with Crippen molar-refractivity contribution in [3.8, 4) is 5.75 Å². The van der Waals surface area contributed by atoms with Crippen molar-refractivity contribution < 1.29 is 17.9 Å². The summed E-state index contributed by atoms with van der Waals surface area (Å²) in [5, 5.41) is 0. The van der Waals surface area contributed by atoms with E-state index in [9.17, 15) is 13.2 Å². The number of para-hydroxylation sites is 1. The van der Waals surface area contributed by atoms with E-state index < -0.39 is 10.0 Å². The summed E-state index contributed by atoms with van der Waals surface area (Å²) in [5.74, 6) is 0.544. The zero-order chi connectivity index (χ0) is 18.9. The summed E-state index contributed by atoms with van der Waals surface area (Å²) >= 11 is 0. The molecule has 0 unspecified atom stereocenters. The Hall–Kier alpha value is -2.38. The molecule has 1 amide bonds. The fraction of sp³-hybridized carbons (Fsp3) is 0.316. The molecule has 7 heteroatoms. The Balaban J connectivity index is 1.75. The fourth-order valence-electron chi connectivity index (χ4n) is 2.94. The Morgan fingerprint density at radius 2 is 1.92 bits per heavy atom. The standard InChI is InChI=1S/C19H22N2O4S/c1-14-6-4-5-7-18(14)25-13-19(22)21-11-10-15-12-16(8-9-17(15)21)26(23,24)20(2)3/h4-9,12H,10-11,13H2,1-3H3. The van der Waals surface area contributed by atoms with Crippen molar-refractivity contribution in [2.45, 2.75) is 18.2 Å². The molecule has 3 rings (SSSR count). The largest absolute Gasteiger partial charge is 0.483 e. The Morgan fingerprint density at radius 3 is 2.62 bits per heavy atom. The number of ether oxygens (including phenoxy) is 1. The van der Waals surface area contributed by atoms with Crippen LogP contribution in [0.4, 0.5) is 5.69 Å². The van der Waals surface area contributed by atoms with Crippen molar-refractivity contribution in [3.63, 3.8) is 0 Å². The molecule has 0 aliphatic carbocycles. The average molecular weight is 374 g/mol. The monoisotopic (exact) mass is 374 g/mol. The van der Waals surface area contributed by atoms with Gasteiger partial charge in [0.25, 0.3) is 5.91 Å². The normalized spacial score (nSPS) is 13.8. The first-order valence-electron chi connectivity index (χ1n) is 8.35. The number of carbonyl (C=O) groups is 1. The first-order chi connectivity index (χ1) is 12.3. The summed E-state index contributed by atoms with van der Waals surface area (Å²) < 4.78 is 31.4. The second-order valence-corrected chi connectivity index (χ2v) is 8.58. The topological polar surface area (TPSA) is 66.9 Å². The van der Waals surface area contributed by atoms with Gasteiger partial charge in [0.15, 0.2) is 6.61 Å². The molecule has 0 atom stereocenters. The molecular formula is C19H22N2O4S. The molecule has 2 aromatic rings. The molecule has 0 spiro atoms. The highest BCUT2D eigenvalue weighted by atomic mass is 32.2. The third-order valence-corrected chi connectivity index (χ3v) is 6.28. The van der Waals surface area contributed by atoms with Gasteiger partial charge in [0.1, 0.15) is 5.75 Å². The van der Waals surface area contributed by atoms with Gasteiger partial charge in [0, 0.05) is 26.3 Å². The van der Waals surface area contributed by atoms with Crippen molar-refractivity contribution in [1.82, 2.24) is 4.31 Å². The van der Waals surface area contributed by atoms with Gasteiger partial charge in [0.2, 0.25) is 10.0 Å². The lowest BCUT2D eigenvalue weighted by atomic mass is 10.2. The number of amides is 1. The molecule has 0 N–H and O–H groups in total. The SMILES string of the molecule is Cc1ccccc1OCC(=O)N1CCc2cc(S(=O)(=O)N(C)C)ccc21. The number of benzene rings is 2. The maximum absolute atomic E-state index is 12.6. The third-order valence-electron chi connectivity index (χ3n) is 4.47. The van der Waals surface area contributed by atoms with Crippen LogP contribution in [0.2, 0.25) is 0 Å². The molecule has 2 aromatic carbocycles. The van der Waals surface area contributed by atoms with Crippen LogP contribution in [0.3, 0.4) is 0 Å². The van der Waals surface area contributed by atoms with Crippen LogP contribution in [0.15, 0.2) is 47.4 Å². The Bertz CT molecular complexity index is 938. The van der Waals surface area contributed by atoms with Crippen LogP contribution in [-0.4, -0.2) is 45.9 Å². The molecule has 0 saturated heterocycles. The highest BCUT2D eigenvalue weighted by molar-refractivity contribution is 7.89. The minimum absolute atomic E-state index is 0.0535. The number of anilines is 1. The molecule has 0 saturated carbocycles. The van der Waals surface area contributed by atoms with Crippen LogP contribution in [0, 0.1) is 6.92 Å². The molecule has 0 aromatic heterocycles. The van der Waals surface area contributed by atoms with Crippen LogP contribution in [0.1, 0.15) is 11.1 Å². The molecule has 1 heterocycles. The van der Waals surface area contributed by atoms with Gasteiger partial charge >= 0.3 is 0 Å². The number of hydrogen-bond donors (Lipinski definition) is 0. The summed E-state index contributed by atoms with van der Waals surface area (Å²) in [6.45, 7) is 2.40. The zero-order valence-corrected chi connectivity index (χ0v) is 15.9. The number of hydrogen-bond acceptors (Lipinski definition) is 4. The Kier molecular flexibility index (Phi) is 5.02. The van der Waals surface area contributed by atoms with E-state index in [-0.39, 0.29) is 17.4 Å². The summed E-state index contributed by atoms with van der Waals surface area (Å²) in [4.78, 5) is 14.5. The highest BCUT2D eigenvalue weighted by Gasteiger charge is 2.27. The zero-order valence-electron chi connectivity index (χ0n) is 15.1. The van der Waals surface area contributed by atoms with E-state index in [0.717, 1.165) is 16.8 Å². The van der Waals surface area contributed by atoms with Gasteiger partial charge < -0.3 is 9.64 Å². The van der Waals surface area contributed by atoms with Gasteiger partial charge in [-0.3, -0.25) is 4.79 Å². The number of rotatable bonds is 5. The Morgan fingerprint density at radius 1 is 1.19 bits per heavy atom. The summed E-state index contributed by atoms with van der Waals surface area (Å²) in [6.07, 6.45) is 0.627. The lowest BCUT2D eigenvalue weighted by Crippen LogP contribution is -2.33. The van der Waals surface area contributed by atoms with Crippen LogP contribution in [-0.2, 0) is 21.2 Å². The molecule has 138 valence electrons. The van der Waals surface area contributed by atoms with Gasteiger partial charge in [0.05, 0.1) is 4.90 Å². The molecule has 0 radical (unpaired) electrons. The summed E-state index contributed by atoms with van der Waals surface area (Å²) in [5.41, 5.74) is 2.58. The van der Waals surface area contributed by atoms with Crippen molar-refractivity contribution >= 4 is 21.6 Å². The second-order valence-electron chi connectivity index (χ2n) is 6.43. The first-order valence-corrected chi connectivity index (χ1v) is 9.79. The van der Waals surface area contributed by atoms with Crippen LogP contribution in [0.5, 0.6) is 5.75 Å². The van der Waals surface area contributed by atoms with Gasteiger partial charge in [-0.2, -0.15) is 0 Å². The number of aryl methyl sites for hydroxylation is 1. The lowest BCUT2D eigenvalue weighted by Gasteiger charge is -2.19. The van der Waals surface area contributed by atoms with Crippen molar-refractivity contribution in [3.05, 3.63) is 53.6 Å². The van der Waals surface area contributed by atoms with E-state index in [4.69, 9.17) is 4.74 Å². The summed E-state index contributed by atoms with van der Waals surface area (Å²) in [6, 6.07) is 12.4. The molecule has 1 aliphatic heterocycles. The van der Waals surface area contributed by atoms with E-state index in [1.165, 1.54) is 18.4 Å². The predicted molar refractivity (Wildman–Crippen MR) is 100 cm³/mol. The molecular weight excluding hydrogens is 352 g/mol. The molecule has 0 bridgehead atoms. The van der Waals surface area contributed by atoms with E-state index in [0.29, 0.717) is 18.7 Å². The van der Waals surface area contributed by atoms with E-state index in [2.05, 4.69) is 0 Å². The summed E-state index contributed by atoms with van der Waals surface area (Å²) in [7, 11) is -0.479. The number of fused-ring (bicyclic) bond motifs is 1. The van der Waals surface area contributed by atoms with Gasteiger partial charge in [-0.05, 0) is 48.7 Å². The molecule has 0 fully saturated rings. The van der Waals surface area contributed by atoms with E-state index >= 15 is 0 Å². The van der Waals surface area contributed by atoms with Gasteiger partial charge in [-0.1, -0.05) is 18.2 Å². The predicted octanol–water partition coefficient (Wildman–Crippen LogP) is 2.21. The minimum Gasteiger partial charge on any atom is -0.483 e. The number of nitrogens with zero attached hydrogens (tertiary/aromatic N) is 2. The van der Waals surface area contributed by atoms with E-state index in [1.807, 2.05) is 31.2 Å². The van der Waals surface area contributed by atoms with E-state index in [1.54, 1.807) is 23.1 Å². The Labute approximate surface area is 154 Å². The number of carbonyl (C=O) groups excluding carboxylic acids is 1.